The molecule has 2 amide bonds. The molecule has 5 N–H and O–H groups in total. The maximum atomic E-state index is 13.4. The Bertz CT molecular complexity index is 2430. The zero-order chi connectivity index (χ0) is 38.0. The van der Waals surface area contributed by atoms with Crippen LogP contribution in [0.5, 0.6) is 17.2 Å². The van der Waals surface area contributed by atoms with E-state index >= 15 is 0 Å². The largest absolute Gasteiger partial charge is 0.492 e. The van der Waals surface area contributed by atoms with Gasteiger partial charge in [-0.15, -0.1) is 0 Å². The van der Waals surface area contributed by atoms with Gasteiger partial charge in [-0.1, -0.05) is 45.0 Å². The molecule has 0 fully saturated rings. The Morgan fingerprint density at radius 1 is 0.808 bits per heavy atom. The van der Waals surface area contributed by atoms with Crippen molar-refractivity contribution in [1.29, 1.82) is 0 Å². The van der Waals surface area contributed by atoms with Crippen LogP contribution in [0.3, 0.4) is 0 Å². The first-order valence-corrected chi connectivity index (χ1v) is 19.4. The molecule has 14 nitrogen and oxygen atoms in total. The molecule has 1 heterocycles. The minimum Gasteiger partial charge on any atom is -0.492 e. The predicted octanol–water partition coefficient (Wildman–Crippen LogP) is 7.19. The third-order valence-corrected chi connectivity index (χ3v) is 9.41. The van der Waals surface area contributed by atoms with Crippen molar-refractivity contribution in [3.05, 3.63) is 96.2 Å². The van der Waals surface area contributed by atoms with Crippen molar-refractivity contribution in [1.82, 2.24) is 4.98 Å². The first-order chi connectivity index (χ1) is 24.3. The number of carbonyl (C=O) groups excluding carboxylic acids is 1. The summed E-state index contributed by atoms with van der Waals surface area (Å²) in [6, 6.07) is 20.5. The second-order valence-corrected chi connectivity index (χ2v) is 16.6. The summed E-state index contributed by atoms with van der Waals surface area (Å²) >= 11 is 0. The van der Waals surface area contributed by atoms with Gasteiger partial charge in [-0.05, 0) is 59.5 Å². The molecule has 0 aliphatic carbocycles. The van der Waals surface area contributed by atoms with Gasteiger partial charge in [0.25, 0.3) is 0 Å². The number of hydrogen-bond acceptors (Lipinski definition) is 10. The van der Waals surface area contributed by atoms with Crippen molar-refractivity contribution in [2.75, 3.05) is 40.3 Å². The Balaban J connectivity index is 1.40. The number of fused-ring (bicyclic) bond motifs is 1. The number of nitrogens with one attached hydrogen (secondary N) is 4. The number of carbonyl (C=O) groups is 2. The average molecular weight is 748 g/mol. The minimum atomic E-state index is -3.83. The number of nitrogens with zero attached hydrogens (tertiary/aromatic N) is 1. The van der Waals surface area contributed by atoms with Crippen LogP contribution in [0, 0.1) is 0 Å². The highest BCUT2D eigenvalue weighted by molar-refractivity contribution is 7.92. The lowest BCUT2D eigenvalue weighted by Gasteiger charge is -2.24. The molecule has 272 valence electrons. The van der Waals surface area contributed by atoms with Crippen LogP contribution in [0.4, 0.5) is 33.4 Å². The third kappa shape index (κ3) is 8.88. The second-order valence-electron chi connectivity index (χ2n) is 12.9. The number of rotatable bonds is 11. The number of sulfone groups is 1. The summed E-state index contributed by atoms with van der Waals surface area (Å²) in [6.07, 6.45) is 3.45. The lowest BCUT2D eigenvalue weighted by atomic mass is 9.86. The van der Waals surface area contributed by atoms with E-state index in [9.17, 15) is 31.5 Å². The van der Waals surface area contributed by atoms with E-state index in [0.29, 0.717) is 39.5 Å². The van der Waals surface area contributed by atoms with Crippen LogP contribution >= 0.6 is 0 Å². The normalized spacial score (nSPS) is 11.8. The lowest BCUT2D eigenvalue weighted by Crippen LogP contribution is -2.22. The van der Waals surface area contributed by atoms with Crippen LogP contribution in [0.15, 0.2) is 90.0 Å². The number of aromatic carboxylic acids is 1. The maximum absolute atomic E-state index is 13.4. The lowest BCUT2D eigenvalue weighted by molar-refractivity contribution is 0.0692. The van der Waals surface area contributed by atoms with Gasteiger partial charge >= 0.3 is 12.0 Å². The molecule has 0 atom stereocenters. The Labute approximate surface area is 301 Å². The van der Waals surface area contributed by atoms with Crippen molar-refractivity contribution >= 4 is 71.2 Å². The van der Waals surface area contributed by atoms with Gasteiger partial charge < -0.3 is 30.5 Å². The summed E-state index contributed by atoms with van der Waals surface area (Å²) in [5, 5.41) is 19.4. The molecule has 0 unspecified atom stereocenters. The molecule has 0 saturated heterocycles. The van der Waals surface area contributed by atoms with Crippen molar-refractivity contribution in [2.45, 2.75) is 31.1 Å². The Hall–Kier alpha value is -5.87. The second kappa shape index (κ2) is 14.4. The zero-order valence-corrected chi connectivity index (χ0v) is 30.7. The van der Waals surface area contributed by atoms with Crippen LogP contribution in [-0.2, 0) is 25.3 Å². The quantitative estimate of drug-likeness (QED) is 0.0915. The number of ether oxygens (including phenoxy) is 2. The Morgan fingerprint density at radius 3 is 2.12 bits per heavy atom. The number of sulfonamides is 1. The topological polar surface area (TPSA) is 202 Å². The van der Waals surface area contributed by atoms with E-state index in [2.05, 4.69) is 25.7 Å². The number of carboxylic acids is 1. The SMILES string of the molecule is COc1c(NC(=O)Nc2ccc(Oc3ccnc(Nc4ccc(C(=O)O)c(S(C)(=O)=O)c4)c3)c3ccccc23)cc(C(C)(C)C)cc1NS(C)(=O)=O. The monoisotopic (exact) mass is 747 g/mol. The number of amides is 2. The van der Waals surface area contributed by atoms with E-state index in [1.165, 1.54) is 31.5 Å². The summed E-state index contributed by atoms with van der Waals surface area (Å²) < 4.78 is 62.9. The highest BCUT2D eigenvalue weighted by Crippen LogP contribution is 2.40. The summed E-state index contributed by atoms with van der Waals surface area (Å²) in [5.74, 6) is -0.0729. The van der Waals surface area contributed by atoms with E-state index in [1.54, 1.807) is 36.4 Å². The summed E-state index contributed by atoms with van der Waals surface area (Å²) in [7, 11) is -6.11. The third-order valence-electron chi connectivity index (χ3n) is 7.68. The summed E-state index contributed by atoms with van der Waals surface area (Å²) in [5.41, 5.74) is 1.24. The molecule has 0 radical (unpaired) electrons. The van der Waals surface area contributed by atoms with Gasteiger partial charge in [0.1, 0.15) is 17.3 Å². The van der Waals surface area contributed by atoms with Gasteiger partial charge in [-0.25, -0.2) is 31.4 Å². The molecule has 16 heteroatoms. The number of urea groups is 1. The number of methoxy groups -OCH3 is 1. The highest BCUT2D eigenvalue weighted by Gasteiger charge is 2.23. The average Bonchev–Trinajstić information content (AvgIpc) is 3.04. The summed E-state index contributed by atoms with van der Waals surface area (Å²) in [6.45, 7) is 5.88. The molecular formula is C36H37N5O9S2. The number of benzene rings is 4. The van der Waals surface area contributed by atoms with Crippen molar-refractivity contribution in [3.8, 4) is 17.2 Å². The predicted molar refractivity (Wildman–Crippen MR) is 201 cm³/mol. The van der Waals surface area contributed by atoms with E-state index in [1.807, 2.05) is 45.0 Å². The van der Waals surface area contributed by atoms with Crippen LogP contribution in [-0.4, -0.2) is 58.5 Å². The number of hydrogen-bond donors (Lipinski definition) is 5. The first kappa shape index (κ1) is 37.4. The van der Waals surface area contributed by atoms with Crippen molar-refractivity contribution in [3.63, 3.8) is 0 Å². The fourth-order valence-electron chi connectivity index (χ4n) is 5.30. The van der Waals surface area contributed by atoms with E-state index in [4.69, 9.17) is 9.47 Å². The number of pyridine rings is 1. The smallest absolute Gasteiger partial charge is 0.337 e. The summed E-state index contributed by atoms with van der Waals surface area (Å²) in [4.78, 5) is 28.9. The molecule has 0 saturated carbocycles. The Kier molecular flexibility index (Phi) is 10.4. The van der Waals surface area contributed by atoms with Gasteiger partial charge in [0.15, 0.2) is 15.6 Å². The van der Waals surface area contributed by atoms with Gasteiger partial charge in [0, 0.05) is 35.0 Å². The number of carboxylic acid groups (broad SMARTS) is 1. The molecular weight excluding hydrogens is 711 g/mol. The van der Waals surface area contributed by atoms with Gasteiger partial charge in [-0.2, -0.15) is 0 Å². The van der Waals surface area contributed by atoms with Crippen LogP contribution in [0.25, 0.3) is 10.8 Å². The molecule has 0 aliphatic rings. The molecule has 1 aromatic heterocycles. The van der Waals surface area contributed by atoms with E-state index in [-0.39, 0.29) is 33.0 Å². The maximum Gasteiger partial charge on any atom is 0.337 e. The molecule has 5 aromatic rings. The minimum absolute atomic E-state index is 0.140. The van der Waals surface area contributed by atoms with E-state index in [0.717, 1.165) is 18.1 Å². The molecule has 0 aliphatic heterocycles. The number of anilines is 5. The fraction of sp³-hybridized carbons (Fsp3) is 0.194. The standard InChI is InChI=1S/C36H37N5O9S2/c1-36(2,3)21-17-28(33(49-4)29(18-21)41-52(6,47)48)40-35(44)39-27-13-14-30(25-10-8-7-9-24(25)27)50-23-15-16-37-32(20-23)38-22-11-12-26(34(42)43)31(19-22)51(5,45)46/h7-20,41H,1-6H3,(H,37,38)(H,42,43)(H2,39,40,44). The van der Waals surface area contributed by atoms with Gasteiger partial charge in [-0.3, -0.25) is 4.72 Å². The van der Waals surface area contributed by atoms with E-state index < -0.39 is 31.9 Å². The molecule has 5 rings (SSSR count). The van der Waals surface area contributed by atoms with Crippen LogP contribution in [0.1, 0.15) is 36.7 Å². The van der Waals surface area contributed by atoms with Gasteiger partial charge in [0.2, 0.25) is 10.0 Å². The molecule has 0 spiro atoms. The molecule has 0 bridgehead atoms. The molecule has 52 heavy (non-hydrogen) atoms. The molecule has 4 aromatic carbocycles. The van der Waals surface area contributed by atoms with Gasteiger partial charge in [0.05, 0.1) is 40.9 Å². The zero-order valence-electron chi connectivity index (χ0n) is 29.1. The number of aromatic nitrogens is 1. The van der Waals surface area contributed by atoms with Crippen molar-refractivity contribution < 1.29 is 41.0 Å². The first-order valence-electron chi connectivity index (χ1n) is 15.6. The highest BCUT2D eigenvalue weighted by atomic mass is 32.2. The van der Waals surface area contributed by atoms with Crippen molar-refractivity contribution in [2.24, 2.45) is 0 Å². The van der Waals surface area contributed by atoms with Crippen LogP contribution < -0.4 is 30.1 Å². The van der Waals surface area contributed by atoms with Crippen LogP contribution in [0.2, 0.25) is 0 Å². The Morgan fingerprint density at radius 2 is 1.48 bits per heavy atom. The fourth-order valence-corrected chi connectivity index (χ4v) is 6.74.